The lowest BCUT2D eigenvalue weighted by Gasteiger charge is -2.34. The van der Waals surface area contributed by atoms with Crippen molar-refractivity contribution in [1.82, 2.24) is 30.7 Å². The Hall–Kier alpha value is -4.13. The third-order valence-electron chi connectivity index (χ3n) is 8.98. The number of ether oxygens (including phenoxy) is 1. The SMILES string of the molecule is CCC(=O)N[C@H](Cc1ccc(CNC(=O)[C@@H](NC(=O)C(F)(F)c2ccc(OC)nc2)C2CCCCC2)cc1)C(=O)N1CCN(C)CC1. The fourth-order valence-corrected chi connectivity index (χ4v) is 5.99. The van der Waals surface area contributed by atoms with E-state index < -0.39 is 35.4 Å². The number of halogens is 2. The molecule has 1 saturated carbocycles. The van der Waals surface area contributed by atoms with Gasteiger partial charge in [0, 0.05) is 63.4 Å². The Morgan fingerprint density at radius 3 is 2.21 bits per heavy atom. The number of hydrogen-bond donors (Lipinski definition) is 3. The lowest BCUT2D eigenvalue weighted by Crippen LogP contribution is -2.54. The van der Waals surface area contributed by atoms with Gasteiger partial charge in [0.1, 0.15) is 12.1 Å². The minimum absolute atomic E-state index is 0.110. The van der Waals surface area contributed by atoms with Crippen LogP contribution in [-0.4, -0.2) is 90.8 Å². The highest BCUT2D eigenvalue weighted by molar-refractivity contribution is 5.91. The first kappa shape index (κ1) is 35.7. The van der Waals surface area contributed by atoms with Crippen molar-refractivity contribution in [3.8, 4) is 5.88 Å². The summed E-state index contributed by atoms with van der Waals surface area (Å²) >= 11 is 0. The standard InChI is InChI=1S/C34H46F2N6O5/c1-4-28(43)39-27(32(45)42-18-16-41(2)17-19-42)20-23-10-12-24(13-11-23)21-38-31(44)30(25-8-6-5-7-9-25)40-33(46)34(35,36)26-14-15-29(47-3)37-22-26/h10-15,22,25,27,30H,4-9,16-21H2,1-3H3,(H,38,44)(H,39,43)(H,40,46)/t27-,30+/m1/s1. The highest BCUT2D eigenvalue weighted by Gasteiger charge is 2.44. The molecule has 13 heteroatoms. The average molecular weight is 657 g/mol. The predicted octanol–water partition coefficient (Wildman–Crippen LogP) is 2.77. The van der Waals surface area contributed by atoms with Gasteiger partial charge in [-0.05, 0) is 43.0 Å². The summed E-state index contributed by atoms with van der Waals surface area (Å²) in [5, 5.41) is 8.03. The number of amides is 4. The lowest BCUT2D eigenvalue weighted by atomic mass is 9.83. The highest BCUT2D eigenvalue weighted by Crippen LogP contribution is 2.31. The van der Waals surface area contributed by atoms with E-state index in [0.29, 0.717) is 32.4 Å². The number of nitrogens with zero attached hydrogens (tertiary/aromatic N) is 3. The van der Waals surface area contributed by atoms with E-state index in [1.165, 1.54) is 13.2 Å². The maximum atomic E-state index is 15.1. The first-order valence-corrected chi connectivity index (χ1v) is 16.3. The van der Waals surface area contributed by atoms with E-state index in [1.807, 2.05) is 31.3 Å². The monoisotopic (exact) mass is 656 g/mol. The molecule has 1 aromatic carbocycles. The smallest absolute Gasteiger partial charge is 0.351 e. The number of methoxy groups -OCH3 is 1. The third-order valence-corrected chi connectivity index (χ3v) is 8.98. The number of alkyl halides is 2. The Balaban J connectivity index is 1.39. The Kier molecular flexibility index (Phi) is 12.6. The van der Waals surface area contributed by atoms with Crippen LogP contribution in [0.1, 0.15) is 62.1 Å². The second-order valence-electron chi connectivity index (χ2n) is 12.4. The van der Waals surface area contributed by atoms with Crippen LogP contribution in [0.15, 0.2) is 42.6 Å². The molecule has 1 aromatic heterocycles. The number of aromatic nitrogens is 1. The Morgan fingerprint density at radius 2 is 1.62 bits per heavy atom. The summed E-state index contributed by atoms with van der Waals surface area (Å²) in [4.78, 5) is 59.5. The van der Waals surface area contributed by atoms with Gasteiger partial charge in [0.25, 0.3) is 5.91 Å². The van der Waals surface area contributed by atoms with Crippen molar-refractivity contribution in [2.24, 2.45) is 5.92 Å². The molecule has 3 N–H and O–H groups in total. The van der Waals surface area contributed by atoms with Gasteiger partial charge in [-0.3, -0.25) is 19.2 Å². The van der Waals surface area contributed by atoms with Gasteiger partial charge >= 0.3 is 5.92 Å². The van der Waals surface area contributed by atoms with E-state index in [4.69, 9.17) is 4.74 Å². The molecule has 2 heterocycles. The first-order chi connectivity index (χ1) is 22.5. The summed E-state index contributed by atoms with van der Waals surface area (Å²) in [7, 11) is 3.37. The number of rotatable bonds is 13. The number of carbonyl (C=O) groups excluding carboxylic acids is 4. The van der Waals surface area contributed by atoms with Crippen molar-refractivity contribution in [1.29, 1.82) is 0 Å². The molecule has 1 saturated heterocycles. The van der Waals surface area contributed by atoms with Crippen LogP contribution in [0.4, 0.5) is 8.78 Å². The first-order valence-electron chi connectivity index (χ1n) is 16.3. The molecule has 0 bridgehead atoms. The van der Waals surface area contributed by atoms with Gasteiger partial charge in [0.2, 0.25) is 23.6 Å². The molecule has 4 rings (SSSR count). The normalized spacial score (nSPS) is 17.3. The second-order valence-corrected chi connectivity index (χ2v) is 12.4. The van der Waals surface area contributed by atoms with E-state index in [2.05, 4.69) is 25.8 Å². The van der Waals surface area contributed by atoms with Crippen LogP contribution in [0.3, 0.4) is 0 Å². The van der Waals surface area contributed by atoms with Crippen LogP contribution < -0.4 is 20.7 Å². The zero-order valence-corrected chi connectivity index (χ0v) is 27.4. The fourth-order valence-electron chi connectivity index (χ4n) is 5.99. The second kappa shape index (κ2) is 16.6. The van der Waals surface area contributed by atoms with Crippen molar-refractivity contribution in [3.05, 3.63) is 59.3 Å². The highest BCUT2D eigenvalue weighted by atomic mass is 19.3. The van der Waals surface area contributed by atoms with E-state index in [1.54, 1.807) is 11.8 Å². The summed E-state index contributed by atoms with van der Waals surface area (Å²) in [6.07, 6.45) is 5.45. The molecule has 11 nitrogen and oxygen atoms in total. The number of carbonyl (C=O) groups is 4. The zero-order valence-electron chi connectivity index (χ0n) is 27.4. The zero-order chi connectivity index (χ0) is 34.0. The minimum atomic E-state index is -3.90. The van der Waals surface area contributed by atoms with Gasteiger partial charge < -0.3 is 30.5 Å². The largest absolute Gasteiger partial charge is 0.481 e. The number of pyridine rings is 1. The molecule has 0 radical (unpaired) electrons. The van der Waals surface area contributed by atoms with E-state index >= 15 is 8.78 Å². The summed E-state index contributed by atoms with van der Waals surface area (Å²) in [6.45, 7) is 4.61. The van der Waals surface area contributed by atoms with Crippen LogP contribution >= 0.6 is 0 Å². The predicted molar refractivity (Wildman–Crippen MR) is 171 cm³/mol. The molecule has 1 aliphatic carbocycles. The topological polar surface area (TPSA) is 133 Å². The van der Waals surface area contributed by atoms with Crippen LogP contribution in [0.25, 0.3) is 0 Å². The molecule has 1 aliphatic heterocycles. The van der Waals surface area contributed by atoms with Gasteiger partial charge in [-0.25, -0.2) is 4.98 Å². The molecule has 4 amide bonds. The number of benzene rings is 1. The van der Waals surface area contributed by atoms with Crippen molar-refractivity contribution < 1.29 is 32.7 Å². The molecule has 2 aliphatic rings. The van der Waals surface area contributed by atoms with Crippen LogP contribution in [0.5, 0.6) is 5.88 Å². The van der Waals surface area contributed by atoms with Gasteiger partial charge in [0.05, 0.1) is 7.11 Å². The summed E-state index contributed by atoms with van der Waals surface area (Å²) in [5.74, 6) is -6.43. The average Bonchev–Trinajstić information content (AvgIpc) is 3.10. The summed E-state index contributed by atoms with van der Waals surface area (Å²) in [6, 6.07) is 7.82. The van der Waals surface area contributed by atoms with Crippen molar-refractivity contribution in [3.63, 3.8) is 0 Å². The Bertz CT molecular complexity index is 1360. The molecule has 256 valence electrons. The molecular formula is C34H46F2N6O5. The molecule has 0 spiro atoms. The molecule has 47 heavy (non-hydrogen) atoms. The van der Waals surface area contributed by atoms with Crippen molar-refractivity contribution >= 4 is 23.6 Å². The van der Waals surface area contributed by atoms with Gasteiger partial charge in [0.15, 0.2) is 0 Å². The molecule has 0 unspecified atom stereocenters. The number of nitrogens with one attached hydrogen (secondary N) is 3. The van der Waals surface area contributed by atoms with E-state index in [-0.39, 0.29) is 36.6 Å². The van der Waals surface area contributed by atoms with Gasteiger partial charge in [-0.15, -0.1) is 0 Å². The van der Waals surface area contributed by atoms with Crippen LogP contribution in [-0.2, 0) is 38.1 Å². The van der Waals surface area contributed by atoms with E-state index in [9.17, 15) is 19.2 Å². The van der Waals surface area contributed by atoms with Crippen LogP contribution in [0.2, 0.25) is 0 Å². The van der Waals surface area contributed by atoms with Gasteiger partial charge in [-0.2, -0.15) is 8.78 Å². The third kappa shape index (κ3) is 9.69. The maximum absolute atomic E-state index is 15.1. The molecule has 2 atom stereocenters. The maximum Gasteiger partial charge on any atom is 0.351 e. The molecular weight excluding hydrogens is 610 g/mol. The minimum Gasteiger partial charge on any atom is -0.481 e. The lowest BCUT2D eigenvalue weighted by molar-refractivity contribution is -0.150. The molecule has 2 fully saturated rings. The molecule has 2 aromatic rings. The summed E-state index contributed by atoms with van der Waals surface area (Å²) < 4.78 is 35.2. The van der Waals surface area contributed by atoms with Crippen molar-refractivity contribution in [2.75, 3.05) is 40.3 Å². The number of piperazine rings is 1. The number of hydrogen-bond acceptors (Lipinski definition) is 7. The Labute approximate surface area is 274 Å². The van der Waals surface area contributed by atoms with E-state index in [0.717, 1.165) is 55.7 Å². The van der Waals surface area contributed by atoms with Crippen molar-refractivity contribution in [2.45, 2.75) is 76.4 Å². The van der Waals surface area contributed by atoms with Gasteiger partial charge in [-0.1, -0.05) is 50.5 Å². The quantitative estimate of drug-likeness (QED) is 0.302. The van der Waals surface area contributed by atoms with Crippen LogP contribution in [0, 0.1) is 5.92 Å². The number of likely N-dealkylation sites (N-methyl/N-ethyl adjacent to an activating group) is 1. The fraction of sp³-hybridized carbons (Fsp3) is 0.559. The summed E-state index contributed by atoms with van der Waals surface area (Å²) in [5.41, 5.74) is 0.997. The Morgan fingerprint density at radius 1 is 0.957 bits per heavy atom.